The van der Waals surface area contributed by atoms with E-state index in [1.807, 2.05) is 30.3 Å². The fourth-order valence-electron chi connectivity index (χ4n) is 3.29. The Morgan fingerprint density at radius 3 is 2.36 bits per heavy atom. The van der Waals surface area contributed by atoms with Gasteiger partial charge in [-0.3, -0.25) is 14.5 Å². The first-order valence-corrected chi connectivity index (χ1v) is 9.35. The highest BCUT2D eigenvalue weighted by molar-refractivity contribution is 6.05. The van der Waals surface area contributed by atoms with Crippen molar-refractivity contribution in [2.75, 3.05) is 32.8 Å². The number of nitrogens with zero attached hydrogens (tertiary/aromatic N) is 3. The predicted molar refractivity (Wildman–Crippen MR) is 99.1 cm³/mol. The van der Waals surface area contributed by atoms with Crippen LogP contribution in [0.1, 0.15) is 18.9 Å². The number of imide groups is 1. The van der Waals surface area contributed by atoms with E-state index in [-0.39, 0.29) is 25.0 Å². The summed E-state index contributed by atoms with van der Waals surface area (Å²) >= 11 is 0. The van der Waals surface area contributed by atoms with Gasteiger partial charge in [0.25, 0.3) is 5.91 Å². The van der Waals surface area contributed by atoms with Crippen molar-refractivity contribution in [3.8, 4) is 0 Å². The molecule has 28 heavy (non-hydrogen) atoms. The number of piperazine rings is 1. The molecule has 1 atom stereocenters. The molecule has 2 heterocycles. The number of hydrogen-bond acceptors (Lipinski definition) is 5. The zero-order valence-corrected chi connectivity index (χ0v) is 15.8. The molecule has 1 aromatic rings. The van der Waals surface area contributed by atoms with Crippen molar-refractivity contribution >= 4 is 23.9 Å². The summed E-state index contributed by atoms with van der Waals surface area (Å²) < 4.78 is 4.96. The van der Waals surface area contributed by atoms with Gasteiger partial charge in [0.15, 0.2) is 0 Å². The van der Waals surface area contributed by atoms with Crippen LogP contribution in [0.3, 0.4) is 0 Å². The summed E-state index contributed by atoms with van der Waals surface area (Å²) in [6.45, 7) is 3.74. The molecule has 2 saturated heterocycles. The van der Waals surface area contributed by atoms with Gasteiger partial charge < -0.3 is 19.9 Å². The zero-order valence-electron chi connectivity index (χ0n) is 15.8. The molecule has 9 nitrogen and oxygen atoms in total. The van der Waals surface area contributed by atoms with Gasteiger partial charge in [0.2, 0.25) is 5.91 Å². The van der Waals surface area contributed by atoms with Crippen LogP contribution < -0.4 is 5.32 Å². The topological polar surface area (TPSA) is 99.3 Å². The standard InChI is InChI=1S/C19H24N4O5/c1-2-28-19(27)22-10-8-21(9-11-22)16(24)12-15-17(25)23(18(26)20-15)13-14-6-4-3-5-7-14/h3-7,15H,2,8-13H2,1H3,(H,20,26)/t15-/m1/s1. The second kappa shape index (κ2) is 8.73. The molecule has 1 N–H and O–H groups in total. The molecule has 0 unspecified atom stereocenters. The third kappa shape index (κ3) is 4.41. The Morgan fingerprint density at radius 2 is 1.71 bits per heavy atom. The average molecular weight is 388 g/mol. The van der Waals surface area contributed by atoms with Gasteiger partial charge in [-0.05, 0) is 12.5 Å². The minimum absolute atomic E-state index is 0.0880. The first kappa shape index (κ1) is 19.7. The fraction of sp³-hybridized carbons (Fsp3) is 0.474. The lowest BCUT2D eigenvalue weighted by Crippen LogP contribution is -2.51. The molecular formula is C19H24N4O5. The Kier molecular flexibility index (Phi) is 6.13. The summed E-state index contributed by atoms with van der Waals surface area (Å²) in [5, 5.41) is 2.59. The van der Waals surface area contributed by atoms with E-state index in [4.69, 9.17) is 4.74 Å². The van der Waals surface area contributed by atoms with E-state index < -0.39 is 18.0 Å². The van der Waals surface area contributed by atoms with Gasteiger partial charge in [-0.1, -0.05) is 30.3 Å². The first-order chi connectivity index (χ1) is 13.5. The maximum atomic E-state index is 12.6. The first-order valence-electron chi connectivity index (χ1n) is 9.35. The lowest BCUT2D eigenvalue weighted by atomic mass is 10.1. The molecular weight excluding hydrogens is 364 g/mol. The van der Waals surface area contributed by atoms with Crippen LogP contribution in [-0.2, 0) is 20.9 Å². The number of amides is 5. The van der Waals surface area contributed by atoms with Crippen molar-refractivity contribution in [3.05, 3.63) is 35.9 Å². The third-order valence-electron chi connectivity index (χ3n) is 4.83. The van der Waals surface area contributed by atoms with Crippen LogP contribution in [0.5, 0.6) is 0 Å². The minimum Gasteiger partial charge on any atom is -0.450 e. The number of ether oxygens (including phenoxy) is 1. The molecule has 9 heteroatoms. The monoisotopic (exact) mass is 388 g/mol. The molecule has 0 aliphatic carbocycles. The van der Waals surface area contributed by atoms with E-state index in [0.29, 0.717) is 32.8 Å². The summed E-state index contributed by atoms with van der Waals surface area (Å²) in [6.07, 6.45) is -0.473. The largest absolute Gasteiger partial charge is 0.450 e. The Morgan fingerprint density at radius 1 is 1.07 bits per heavy atom. The van der Waals surface area contributed by atoms with E-state index in [9.17, 15) is 19.2 Å². The number of nitrogens with one attached hydrogen (secondary N) is 1. The van der Waals surface area contributed by atoms with Crippen molar-refractivity contribution in [2.45, 2.75) is 25.9 Å². The van der Waals surface area contributed by atoms with Crippen LogP contribution in [0.25, 0.3) is 0 Å². The molecule has 2 fully saturated rings. The molecule has 0 spiro atoms. The van der Waals surface area contributed by atoms with Crippen molar-refractivity contribution in [1.29, 1.82) is 0 Å². The van der Waals surface area contributed by atoms with Crippen molar-refractivity contribution < 1.29 is 23.9 Å². The molecule has 3 rings (SSSR count). The Labute approximate surface area is 163 Å². The van der Waals surface area contributed by atoms with Gasteiger partial charge in [0.05, 0.1) is 19.6 Å². The number of carbonyl (C=O) groups excluding carboxylic acids is 4. The molecule has 150 valence electrons. The van der Waals surface area contributed by atoms with Gasteiger partial charge in [-0.2, -0.15) is 0 Å². The highest BCUT2D eigenvalue weighted by Gasteiger charge is 2.40. The number of urea groups is 1. The van der Waals surface area contributed by atoms with Crippen molar-refractivity contribution in [2.24, 2.45) is 0 Å². The lowest BCUT2D eigenvalue weighted by Gasteiger charge is -2.34. The smallest absolute Gasteiger partial charge is 0.409 e. The normalized spacial score (nSPS) is 19.6. The second-order valence-electron chi connectivity index (χ2n) is 6.68. The van der Waals surface area contributed by atoms with Gasteiger partial charge in [-0.15, -0.1) is 0 Å². The minimum atomic E-state index is -0.855. The van der Waals surface area contributed by atoms with Gasteiger partial charge in [0, 0.05) is 26.2 Å². The Bertz CT molecular complexity index is 746. The van der Waals surface area contributed by atoms with Gasteiger partial charge in [0.1, 0.15) is 6.04 Å². The van der Waals surface area contributed by atoms with Crippen LogP contribution in [0.4, 0.5) is 9.59 Å². The quantitative estimate of drug-likeness (QED) is 0.752. The molecule has 2 aliphatic rings. The number of rotatable bonds is 5. The molecule has 5 amide bonds. The Balaban J connectivity index is 1.51. The van der Waals surface area contributed by atoms with E-state index in [1.54, 1.807) is 16.7 Å². The SMILES string of the molecule is CCOC(=O)N1CCN(C(=O)C[C@H]2NC(=O)N(Cc3ccccc3)C2=O)CC1. The molecule has 2 aliphatic heterocycles. The number of hydrogen-bond donors (Lipinski definition) is 1. The number of carbonyl (C=O) groups is 4. The van der Waals surface area contributed by atoms with E-state index in [1.165, 1.54) is 0 Å². The second-order valence-corrected chi connectivity index (χ2v) is 6.68. The highest BCUT2D eigenvalue weighted by Crippen LogP contribution is 2.15. The van der Waals surface area contributed by atoms with Crippen molar-refractivity contribution in [3.63, 3.8) is 0 Å². The van der Waals surface area contributed by atoms with E-state index in [2.05, 4.69) is 5.32 Å². The Hall–Kier alpha value is -3.10. The third-order valence-corrected chi connectivity index (χ3v) is 4.83. The van der Waals surface area contributed by atoms with Crippen LogP contribution in [0.15, 0.2) is 30.3 Å². The summed E-state index contributed by atoms with van der Waals surface area (Å²) in [6, 6.07) is 7.86. The van der Waals surface area contributed by atoms with Crippen LogP contribution in [0.2, 0.25) is 0 Å². The van der Waals surface area contributed by atoms with E-state index >= 15 is 0 Å². The lowest BCUT2D eigenvalue weighted by molar-refractivity contribution is -0.137. The highest BCUT2D eigenvalue weighted by atomic mass is 16.6. The molecule has 0 saturated carbocycles. The summed E-state index contributed by atoms with van der Waals surface area (Å²) in [4.78, 5) is 53.3. The molecule has 0 radical (unpaired) electrons. The average Bonchev–Trinajstić information content (AvgIpc) is 2.96. The van der Waals surface area contributed by atoms with Gasteiger partial charge >= 0.3 is 12.1 Å². The maximum Gasteiger partial charge on any atom is 0.409 e. The molecule has 0 aromatic heterocycles. The maximum absolute atomic E-state index is 12.6. The summed E-state index contributed by atoms with van der Waals surface area (Å²) in [5.41, 5.74) is 0.841. The summed E-state index contributed by atoms with van der Waals surface area (Å²) in [5.74, 6) is -0.615. The van der Waals surface area contributed by atoms with Crippen LogP contribution >= 0.6 is 0 Å². The number of benzene rings is 1. The van der Waals surface area contributed by atoms with Crippen molar-refractivity contribution in [1.82, 2.24) is 20.0 Å². The van der Waals surface area contributed by atoms with Crippen LogP contribution in [0, 0.1) is 0 Å². The van der Waals surface area contributed by atoms with E-state index in [0.717, 1.165) is 10.5 Å². The van der Waals surface area contributed by atoms with Crippen LogP contribution in [-0.4, -0.2) is 77.5 Å². The van der Waals surface area contributed by atoms with Gasteiger partial charge in [-0.25, -0.2) is 9.59 Å². The zero-order chi connectivity index (χ0) is 20.1. The summed E-state index contributed by atoms with van der Waals surface area (Å²) in [7, 11) is 0. The fourth-order valence-corrected chi connectivity index (χ4v) is 3.29. The molecule has 0 bridgehead atoms. The molecule has 1 aromatic carbocycles. The predicted octanol–water partition coefficient (Wildman–Crippen LogP) is 0.798.